The molecule has 6 heteroatoms. The van der Waals surface area contributed by atoms with E-state index in [1.807, 2.05) is 0 Å². The van der Waals surface area contributed by atoms with Crippen molar-refractivity contribution < 1.29 is 9.18 Å². The summed E-state index contributed by atoms with van der Waals surface area (Å²) in [5, 5.41) is 0.802. The van der Waals surface area contributed by atoms with Gasteiger partial charge in [-0.05, 0) is 37.1 Å². The van der Waals surface area contributed by atoms with Crippen LogP contribution in [0.3, 0.4) is 0 Å². The third-order valence-corrected chi connectivity index (χ3v) is 5.48. The predicted molar refractivity (Wildman–Crippen MR) is 92.8 cm³/mol. The molecule has 2 aromatic carbocycles. The summed E-state index contributed by atoms with van der Waals surface area (Å²) >= 11 is 12.1. The van der Waals surface area contributed by atoms with Crippen molar-refractivity contribution in [2.24, 2.45) is 0 Å². The van der Waals surface area contributed by atoms with Crippen LogP contribution in [0.1, 0.15) is 24.6 Å². The third kappa shape index (κ3) is 2.41. The molecule has 0 spiro atoms. The molecule has 24 heavy (non-hydrogen) atoms. The summed E-state index contributed by atoms with van der Waals surface area (Å²) in [5.41, 5.74) is 1.14. The number of hydrogen-bond acceptors (Lipinski definition) is 2. The Morgan fingerprint density at radius 1 is 1.08 bits per heavy atom. The molecule has 1 amide bonds. The number of carbonyl (C=O) groups excluding carboxylic acids is 1. The maximum Gasteiger partial charge on any atom is 0.246 e. The first kappa shape index (κ1) is 15.9. The van der Waals surface area contributed by atoms with Gasteiger partial charge < -0.3 is 0 Å². The minimum Gasteiger partial charge on any atom is -0.290 e. The van der Waals surface area contributed by atoms with E-state index < -0.39 is 6.17 Å². The molecular weight excluding hydrogens is 350 g/mol. The second-order valence-electron chi connectivity index (χ2n) is 6.10. The highest BCUT2D eigenvalue weighted by Gasteiger charge is 2.50. The van der Waals surface area contributed by atoms with Crippen molar-refractivity contribution >= 4 is 34.8 Å². The lowest BCUT2D eigenvalue weighted by atomic mass is 10.1. The van der Waals surface area contributed by atoms with Crippen LogP contribution in [0, 0.1) is 5.82 Å². The molecule has 2 fully saturated rings. The molecule has 2 saturated heterocycles. The van der Waals surface area contributed by atoms with Crippen LogP contribution in [-0.4, -0.2) is 23.4 Å². The summed E-state index contributed by atoms with van der Waals surface area (Å²) in [7, 11) is 0. The van der Waals surface area contributed by atoms with E-state index in [9.17, 15) is 9.18 Å². The van der Waals surface area contributed by atoms with Crippen molar-refractivity contribution in [1.82, 2.24) is 4.90 Å². The fraction of sp³-hybridized carbons (Fsp3) is 0.278. The Kier molecular flexibility index (Phi) is 3.99. The molecule has 0 bridgehead atoms. The maximum atomic E-state index is 14.4. The van der Waals surface area contributed by atoms with Crippen molar-refractivity contribution in [1.29, 1.82) is 0 Å². The molecule has 2 heterocycles. The Morgan fingerprint density at radius 3 is 2.62 bits per heavy atom. The fourth-order valence-electron chi connectivity index (χ4n) is 3.68. The Hall–Kier alpha value is -1.62. The Morgan fingerprint density at radius 2 is 1.88 bits per heavy atom. The van der Waals surface area contributed by atoms with E-state index in [1.165, 1.54) is 6.07 Å². The minimum atomic E-state index is -0.455. The zero-order valence-electron chi connectivity index (χ0n) is 12.8. The number of nitrogens with zero attached hydrogens (tertiary/aromatic N) is 2. The molecule has 3 nitrogen and oxygen atoms in total. The van der Waals surface area contributed by atoms with Crippen LogP contribution in [-0.2, 0) is 4.79 Å². The van der Waals surface area contributed by atoms with Gasteiger partial charge in [-0.1, -0.05) is 41.4 Å². The molecule has 2 aliphatic heterocycles. The number of benzene rings is 2. The van der Waals surface area contributed by atoms with Gasteiger partial charge in [-0.25, -0.2) is 4.39 Å². The highest BCUT2D eigenvalue weighted by atomic mass is 35.5. The van der Waals surface area contributed by atoms with Gasteiger partial charge in [-0.3, -0.25) is 14.6 Å². The first-order valence-electron chi connectivity index (χ1n) is 7.86. The summed E-state index contributed by atoms with van der Waals surface area (Å²) in [6.45, 7) is 0.771. The zero-order valence-corrected chi connectivity index (χ0v) is 14.3. The number of carbonyl (C=O) groups is 1. The fourth-order valence-corrected chi connectivity index (χ4v) is 3.97. The minimum absolute atomic E-state index is 0.0147. The van der Waals surface area contributed by atoms with Crippen LogP contribution in [0.2, 0.25) is 10.0 Å². The van der Waals surface area contributed by atoms with Gasteiger partial charge in [0.1, 0.15) is 12.0 Å². The Balaban J connectivity index is 1.85. The number of halogens is 3. The number of fused-ring (bicyclic) bond motifs is 1. The number of amides is 1. The molecule has 0 radical (unpaired) electrons. The average Bonchev–Trinajstić information content (AvgIpc) is 3.13. The van der Waals surface area contributed by atoms with Crippen molar-refractivity contribution in [3.63, 3.8) is 0 Å². The summed E-state index contributed by atoms with van der Waals surface area (Å²) in [6.07, 6.45) is 1.28. The topological polar surface area (TPSA) is 23.6 Å². The van der Waals surface area contributed by atoms with Crippen molar-refractivity contribution in [3.05, 3.63) is 63.9 Å². The molecule has 2 aliphatic rings. The lowest BCUT2D eigenvalue weighted by Gasteiger charge is -2.30. The van der Waals surface area contributed by atoms with Gasteiger partial charge in [0.25, 0.3) is 0 Å². The molecular formula is C18H15Cl2FN2O. The molecule has 2 unspecified atom stereocenters. The van der Waals surface area contributed by atoms with Crippen LogP contribution in [0.4, 0.5) is 10.1 Å². The standard InChI is InChI=1S/C18H15Cl2FN2O/c19-13-8-7-11(10-14(13)20)23-17(12-4-1-2-5-15(12)21)22-9-3-6-16(22)18(23)24/h1-2,4-5,7-8,10,16-17H,3,6,9H2. The van der Waals surface area contributed by atoms with Crippen molar-refractivity contribution in [2.45, 2.75) is 25.0 Å². The molecule has 4 rings (SSSR count). The third-order valence-electron chi connectivity index (χ3n) is 4.74. The molecule has 0 aromatic heterocycles. The van der Waals surface area contributed by atoms with E-state index in [1.54, 1.807) is 41.3 Å². The molecule has 124 valence electrons. The van der Waals surface area contributed by atoms with E-state index in [0.717, 1.165) is 19.4 Å². The van der Waals surface area contributed by atoms with Crippen LogP contribution in [0.15, 0.2) is 42.5 Å². The SMILES string of the molecule is O=C1C2CCCN2C(c2ccccc2F)N1c1ccc(Cl)c(Cl)c1. The first-order valence-corrected chi connectivity index (χ1v) is 8.62. The van der Waals surface area contributed by atoms with Gasteiger partial charge in [0.05, 0.1) is 16.1 Å². The van der Waals surface area contributed by atoms with Crippen molar-refractivity contribution in [3.8, 4) is 0 Å². The number of anilines is 1. The quantitative estimate of drug-likeness (QED) is 0.774. The Bertz CT molecular complexity index is 813. The lowest BCUT2D eigenvalue weighted by molar-refractivity contribution is -0.119. The van der Waals surface area contributed by atoms with Gasteiger partial charge in [0.15, 0.2) is 0 Å². The number of hydrogen-bond donors (Lipinski definition) is 0. The normalized spacial score (nSPS) is 23.8. The van der Waals surface area contributed by atoms with E-state index in [0.29, 0.717) is 21.3 Å². The highest BCUT2D eigenvalue weighted by molar-refractivity contribution is 6.42. The highest BCUT2D eigenvalue weighted by Crippen LogP contribution is 2.43. The monoisotopic (exact) mass is 364 g/mol. The van der Waals surface area contributed by atoms with Crippen molar-refractivity contribution in [2.75, 3.05) is 11.4 Å². The average molecular weight is 365 g/mol. The van der Waals surface area contributed by atoms with Crippen LogP contribution >= 0.6 is 23.2 Å². The second kappa shape index (κ2) is 6.03. The first-order chi connectivity index (χ1) is 11.6. The van der Waals surface area contributed by atoms with Gasteiger partial charge in [0.2, 0.25) is 5.91 Å². The van der Waals surface area contributed by atoms with Gasteiger partial charge in [-0.15, -0.1) is 0 Å². The van der Waals surface area contributed by atoms with E-state index in [2.05, 4.69) is 4.90 Å². The largest absolute Gasteiger partial charge is 0.290 e. The van der Waals surface area contributed by atoms with Gasteiger partial charge in [0, 0.05) is 17.8 Å². The predicted octanol–water partition coefficient (Wildman–Crippen LogP) is 4.64. The zero-order chi connectivity index (χ0) is 16.8. The van der Waals surface area contributed by atoms with E-state index >= 15 is 0 Å². The summed E-state index contributed by atoms with van der Waals surface area (Å²) in [4.78, 5) is 16.7. The molecule has 2 aromatic rings. The van der Waals surface area contributed by atoms with Gasteiger partial charge in [-0.2, -0.15) is 0 Å². The van der Waals surface area contributed by atoms with Gasteiger partial charge >= 0.3 is 0 Å². The molecule has 0 N–H and O–H groups in total. The van der Waals surface area contributed by atoms with Crippen LogP contribution in [0.5, 0.6) is 0 Å². The smallest absolute Gasteiger partial charge is 0.246 e. The number of rotatable bonds is 2. The van der Waals surface area contributed by atoms with E-state index in [-0.39, 0.29) is 17.8 Å². The van der Waals surface area contributed by atoms with E-state index in [4.69, 9.17) is 23.2 Å². The lowest BCUT2D eigenvalue weighted by Crippen LogP contribution is -2.32. The maximum absolute atomic E-state index is 14.4. The summed E-state index contributed by atoms with van der Waals surface area (Å²) in [6, 6.07) is 11.5. The molecule has 0 aliphatic carbocycles. The Labute approximate surface area is 149 Å². The molecule has 0 saturated carbocycles. The van der Waals surface area contributed by atoms with Crippen LogP contribution in [0.25, 0.3) is 0 Å². The summed E-state index contributed by atoms with van der Waals surface area (Å²) < 4.78 is 14.4. The second-order valence-corrected chi connectivity index (χ2v) is 6.91. The molecule has 2 atom stereocenters. The summed E-state index contributed by atoms with van der Waals surface area (Å²) in [5.74, 6) is -0.327. The van der Waals surface area contributed by atoms with Crippen LogP contribution < -0.4 is 4.90 Å².